The number of aromatic nitrogens is 1. The lowest BCUT2D eigenvalue weighted by Crippen LogP contribution is -2.36. The molecule has 0 N–H and O–H groups in total. The fourth-order valence-corrected chi connectivity index (χ4v) is 3.67. The first-order valence-corrected chi connectivity index (χ1v) is 7.38. The Morgan fingerprint density at radius 2 is 2.38 bits per heavy atom. The number of thiazole rings is 1. The van der Waals surface area contributed by atoms with Gasteiger partial charge in [-0.05, 0) is 26.7 Å². The molecule has 1 amide bonds. The number of halogens is 1. The Balaban J connectivity index is 2.21. The van der Waals surface area contributed by atoms with E-state index in [0.29, 0.717) is 6.04 Å². The van der Waals surface area contributed by atoms with Crippen LogP contribution in [0.15, 0.2) is 0 Å². The standard InChI is InChI=1S/C11H15BrN2OS/c1-7-10(16-8(2)13-7)11(15)14-5-3-4-9(14)6-12/h9H,3-6H2,1-2H3. The first-order valence-electron chi connectivity index (χ1n) is 5.44. The number of rotatable bonds is 2. The van der Waals surface area contributed by atoms with Crippen molar-refractivity contribution >= 4 is 33.2 Å². The zero-order valence-corrected chi connectivity index (χ0v) is 11.9. The van der Waals surface area contributed by atoms with E-state index < -0.39 is 0 Å². The Bertz CT molecular complexity index is 405. The number of hydrogen-bond acceptors (Lipinski definition) is 3. The van der Waals surface area contributed by atoms with Crippen LogP contribution in [0.25, 0.3) is 0 Å². The second kappa shape index (κ2) is 4.84. The maximum absolute atomic E-state index is 12.3. The van der Waals surface area contributed by atoms with Gasteiger partial charge in [0.25, 0.3) is 5.91 Å². The van der Waals surface area contributed by atoms with Crippen molar-refractivity contribution < 1.29 is 4.79 Å². The Labute approximate surface area is 108 Å². The van der Waals surface area contributed by atoms with Crippen molar-refractivity contribution in [1.29, 1.82) is 0 Å². The molecule has 0 spiro atoms. The Morgan fingerprint density at radius 1 is 1.62 bits per heavy atom. The van der Waals surface area contributed by atoms with Gasteiger partial charge in [-0.15, -0.1) is 11.3 Å². The van der Waals surface area contributed by atoms with Gasteiger partial charge in [-0.25, -0.2) is 4.98 Å². The van der Waals surface area contributed by atoms with Gasteiger partial charge in [0.1, 0.15) is 4.88 Å². The predicted molar refractivity (Wildman–Crippen MR) is 69.4 cm³/mol. The van der Waals surface area contributed by atoms with Crippen LogP contribution in [0.3, 0.4) is 0 Å². The van der Waals surface area contributed by atoms with Gasteiger partial charge in [0, 0.05) is 17.9 Å². The molecule has 2 rings (SSSR count). The van der Waals surface area contributed by atoms with E-state index in [1.54, 1.807) is 0 Å². The fourth-order valence-electron chi connectivity index (χ4n) is 2.12. The molecule has 1 aromatic heterocycles. The number of likely N-dealkylation sites (tertiary alicyclic amines) is 1. The number of alkyl halides is 1. The smallest absolute Gasteiger partial charge is 0.266 e. The molecule has 0 radical (unpaired) electrons. The summed E-state index contributed by atoms with van der Waals surface area (Å²) in [6.07, 6.45) is 2.21. The molecule has 0 bridgehead atoms. The van der Waals surface area contributed by atoms with Crippen LogP contribution in [0.1, 0.15) is 33.2 Å². The van der Waals surface area contributed by atoms with Crippen LogP contribution in [-0.2, 0) is 0 Å². The second-order valence-electron chi connectivity index (χ2n) is 4.10. The van der Waals surface area contributed by atoms with E-state index in [2.05, 4.69) is 20.9 Å². The minimum atomic E-state index is 0.157. The van der Waals surface area contributed by atoms with Crippen LogP contribution in [0.2, 0.25) is 0 Å². The van der Waals surface area contributed by atoms with Gasteiger partial charge in [0.15, 0.2) is 0 Å². The molecule has 5 heteroatoms. The molecular formula is C11H15BrN2OS. The monoisotopic (exact) mass is 302 g/mol. The van der Waals surface area contributed by atoms with Crippen molar-refractivity contribution in [2.45, 2.75) is 32.7 Å². The highest BCUT2D eigenvalue weighted by Gasteiger charge is 2.30. The van der Waals surface area contributed by atoms with Crippen molar-refractivity contribution in [2.75, 3.05) is 11.9 Å². The molecule has 1 saturated heterocycles. The number of hydrogen-bond donors (Lipinski definition) is 0. The summed E-state index contributed by atoms with van der Waals surface area (Å²) in [7, 11) is 0. The molecule has 0 aromatic carbocycles. The molecule has 1 atom stereocenters. The maximum Gasteiger partial charge on any atom is 0.266 e. The highest BCUT2D eigenvalue weighted by atomic mass is 79.9. The number of nitrogens with zero attached hydrogens (tertiary/aromatic N) is 2. The number of carbonyl (C=O) groups excluding carboxylic acids is 1. The minimum absolute atomic E-state index is 0.157. The zero-order chi connectivity index (χ0) is 11.7. The number of carbonyl (C=O) groups is 1. The van der Waals surface area contributed by atoms with E-state index in [9.17, 15) is 4.79 Å². The zero-order valence-electron chi connectivity index (χ0n) is 9.49. The van der Waals surface area contributed by atoms with E-state index in [-0.39, 0.29) is 5.91 Å². The van der Waals surface area contributed by atoms with E-state index in [4.69, 9.17) is 0 Å². The Hall–Kier alpha value is -0.420. The molecule has 1 fully saturated rings. The SMILES string of the molecule is Cc1nc(C)c(C(=O)N2CCCC2CBr)s1. The summed E-state index contributed by atoms with van der Waals surface area (Å²) >= 11 is 4.98. The molecule has 1 aliphatic rings. The maximum atomic E-state index is 12.3. The molecule has 1 unspecified atom stereocenters. The highest BCUT2D eigenvalue weighted by molar-refractivity contribution is 9.09. The summed E-state index contributed by atoms with van der Waals surface area (Å²) in [5.74, 6) is 0.157. The average Bonchev–Trinajstić information content (AvgIpc) is 2.83. The summed E-state index contributed by atoms with van der Waals surface area (Å²) < 4.78 is 0. The van der Waals surface area contributed by atoms with Crippen molar-refractivity contribution in [1.82, 2.24) is 9.88 Å². The third kappa shape index (κ3) is 2.15. The van der Waals surface area contributed by atoms with Gasteiger partial charge in [-0.2, -0.15) is 0 Å². The normalized spacial score (nSPS) is 20.4. The lowest BCUT2D eigenvalue weighted by molar-refractivity contribution is 0.0754. The largest absolute Gasteiger partial charge is 0.334 e. The second-order valence-corrected chi connectivity index (χ2v) is 5.95. The number of aryl methyl sites for hydroxylation is 2. The Morgan fingerprint density at radius 3 is 2.94 bits per heavy atom. The van der Waals surface area contributed by atoms with Gasteiger partial charge >= 0.3 is 0 Å². The summed E-state index contributed by atoms with van der Waals surface area (Å²) in [6.45, 7) is 4.74. The summed E-state index contributed by atoms with van der Waals surface area (Å²) in [4.78, 5) is 19.4. The van der Waals surface area contributed by atoms with Gasteiger partial charge < -0.3 is 4.90 Å². The van der Waals surface area contributed by atoms with Crippen LogP contribution in [0.4, 0.5) is 0 Å². The quantitative estimate of drug-likeness (QED) is 0.787. The first-order chi connectivity index (χ1) is 7.63. The van der Waals surface area contributed by atoms with E-state index in [1.165, 1.54) is 11.3 Å². The van der Waals surface area contributed by atoms with Crippen molar-refractivity contribution in [2.24, 2.45) is 0 Å². The average molecular weight is 303 g/mol. The summed E-state index contributed by atoms with van der Waals surface area (Å²) in [6, 6.07) is 0.356. The Kier molecular flexibility index (Phi) is 3.64. The third-order valence-electron chi connectivity index (χ3n) is 2.91. The molecule has 1 aromatic rings. The topological polar surface area (TPSA) is 33.2 Å². The molecule has 2 heterocycles. The van der Waals surface area contributed by atoms with E-state index >= 15 is 0 Å². The van der Waals surface area contributed by atoms with Crippen molar-refractivity contribution in [3.05, 3.63) is 15.6 Å². The van der Waals surface area contributed by atoms with Gasteiger partial charge in [0.2, 0.25) is 0 Å². The van der Waals surface area contributed by atoms with Crippen LogP contribution in [0, 0.1) is 13.8 Å². The molecule has 16 heavy (non-hydrogen) atoms. The molecule has 1 aliphatic heterocycles. The molecule has 0 saturated carbocycles. The van der Waals surface area contributed by atoms with Crippen LogP contribution >= 0.6 is 27.3 Å². The van der Waals surface area contributed by atoms with Crippen LogP contribution < -0.4 is 0 Å². The van der Waals surface area contributed by atoms with Gasteiger partial charge in [-0.3, -0.25) is 4.79 Å². The molecule has 3 nitrogen and oxygen atoms in total. The summed E-state index contributed by atoms with van der Waals surface area (Å²) in [5, 5.41) is 1.84. The molecule has 0 aliphatic carbocycles. The summed E-state index contributed by atoms with van der Waals surface area (Å²) in [5.41, 5.74) is 0.868. The van der Waals surface area contributed by atoms with Crippen molar-refractivity contribution in [3.8, 4) is 0 Å². The van der Waals surface area contributed by atoms with E-state index in [0.717, 1.165) is 40.3 Å². The van der Waals surface area contributed by atoms with Crippen LogP contribution in [-0.4, -0.2) is 33.7 Å². The lowest BCUT2D eigenvalue weighted by atomic mass is 10.2. The van der Waals surface area contributed by atoms with E-state index in [1.807, 2.05) is 18.7 Å². The predicted octanol–water partition coefficient (Wildman–Crippen LogP) is 2.76. The van der Waals surface area contributed by atoms with Gasteiger partial charge in [0.05, 0.1) is 10.7 Å². The fraction of sp³-hybridized carbons (Fsp3) is 0.636. The van der Waals surface area contributed by atoms with Crippen molar-refractivity contribution in [3.63, 3.8) is 0 Å². The number of amides is 1. The first kappa shape index (κ1) is 12.0. The molecular weight excluding hydrogens is 288 g/mol. The lowest BCUT2D eigenvalue weighted by Gasteiger charge is -2.22. The van der Waals surface area contributed by atoms with Gasteiger partial charge in [-0.1, -0.05) is 15.9 Å². The van der Waals surface area contributed by atoms with Crippen LogP contribution in [0.5, 0.6) is 0 Å². The minimum Gasteiger partial charge on any atom is -0.334 e. The molecule has 88 valence electrons. The third-order valence-corrected chi connectivity index (χ3v) is 4.72. The highest BCUT2D eigenvalue weighted by Crippen LogP contribution is 2.25.